The van der Waals surface area contributed by atoms with Crippen LogP contribution < -0.4 is 4.74 Å². The molecule has 1 atom stereocenters. The summed E-state index contributed by atoms with van der Waals surface area (Å²) in [5, 5.41) is 0. The Kier molecular flexibility index (Phi) is 8.77. The van der Waals surface area contributed by atoms with Crippen LogP contribution in [0.25, 0.3) is 0 Å². The summed E-state index contributed by atoms with van der Waals surface area (Å²) >= 11 is 0. The summed E-state index contributed by atoms with van der Waals surface area (Å²) in [5.74, 6) is 1.81. The Hall–Kier alpha value is -1.06. The van der Waals surface area contributed by atoms with Crippen molar-refractivity contribution in [1.29, 1.82) is 0 Å². The number of hydrogen-bond acceptors (Lipinski definition) is 3. The highest BCUT2D eigenvalue weighted by atomic mass is 16.5. The fourth-order valence-corrected chi connectivity index (χ4v) is 3.41. The fourth-order valence-electron chi connectivity index (χ4n) is 3.41. The molecule has 3 heteroatoms. The number of nitrogens with zero attached hydrogens (tertiary/aromatic N) is 2. The Balaban J connectivity index is 1.67. The third kappa shape index (κ3) is 7.37. The standard InChI is InChI=1S/C22H38N2O/c1-5-20(4)24-15-13-23(14-16-24)18-21-9-11-22(12-10-21)25-17-7-6-8-19(2)3/h9-12,19-20H,5-8,13-18H2,1-4H3. The lowest BCUT2D eigenvalue weighted by molar-refractivity contribution is 0.0963. The molecule has 0 spiro atoms. The largest absolute Gasteiger partial charge is 0.494 e. The van der Waals surface area contributed by atoms with Gasteiger partial charge >= 0.3 is 0 Å². The van der Waals surface area contributed by atoms with Crippen LogP contribution in [0.5, 0.6) is 5.75 Å². The molecule has 1 heterocycles. The number of unbranched alkanes of at least 4 members (excludes halogenated alkanes) is 1. The van der Waals surface area contributed by atoms with E-state index >= 15 is 0 Å². The lowest BCUT2D eigenvalue weighted by Gasteiger charge is -2.37. The van der Waals surface area contributed by atoms with Gasteiger partial charge in [0.15, 0.2) is 0 Å². The van der Waals surface area contributed by atoms with Gasteiger partial charge in [0.1, 0.15) is 5.75 Å². The molecule has 1 unspecified atom stereocenters. The van der Waals surface area contributed by atoms with Crippen LogP contribution in [0, 0.1) is 5.92 Å². The Bertz CT molecular complexity index is 463. The quantitative estimate of drug-likeness (QED) is 0.566. The number of rotatable bonds is 10. The first kappa shape index (κ1) is 20.3. The predicted molar refractivity (Wildman–Crippen MR) is 107 cm³/mol. The highest BCUT2D eigenvalue weighted by Crippen LogP contribution is 2.16. The third-order valence-electron chi connectivity index (χ3n) is 5.40. The molecule has 0 radical (unpaired) electrons. The average Bonchev–Trinajstić information content (AvgIpc) is 2.62. The first-order valence-corrected chi connectivity index (χ1v) is 10.3. The molecule has 0 amide bonds. The van der Waals surface area contributed by atoms with E-state index in [-0.39, 0.29) is 0 Å². The highest BCUT2D eigenvalue weighted by molar-refractivity contribution is 5.27. The molecule has 142 valence electrons. The molecule has 3 nitrogen and oxygen atoms in total. The molecule has 25 heavy (non-hydrogen) atoms. The van der Waals surface area contributed by atoms with Gasteiger partial charge < -0.3 is 4.74 Å². The van der Waals surface area contributed by atoms with Crippen molar-refractivity contribution >= 4 is 0 Å². The second-order valence-corrected chi connectivity index (χ2v) is 7.95. The van der Waals surface area contributed by atoms with E-state index in [0.29, 0.717) is 0 Å². The normalized spacial score (nSPS) is 17.8. The van der Waals surface area contributed by atoms with E-state index in [4.69, 9.17) is 4.74 Å². The van der Waals surface area contributed by atoms with Crippen molar-refractivity contribution < 1.29 is 4.74 Å². The second kappa shape index (κ2) is 10.8. The number of ether oxygens (including phenoxy) is 1. The lowest BCUT2D eigenvalue weighted by Crippen LogP contribution is -2.48. The minimum absolute atomic E-state index is 0.721. The second-order valence-electron chi connectivity index (χ2n) is 7.95. The summed E-state index contributed by atoms with van der Waals surface area (Å²) in [6.45, 7) is 15.8. The zero-order chi connectivity index (χ0) is 18.1. The van der Waals surface area contributed by atoms with E-state index < -0.39 is 0 Å². The lowest BCUT2D eigenvalue weighted by atomic mass is 10.1. The van der Waals surface area contributed by atoms with E-state index in [1.54, 1.807) is 0 Å². The van der Waals surface area contributed by atoms with Crippen LogP contribution >= 0.6 is 0 Å². The zero-order valence-corrected chi connectivity index (χ0v) is 16.8. The van der Waals surface area contributed by atoms with Gasteiger partial charge in [0.2, 0.25) is 0 Å². The Morgan fingerprint density at radius 1 is 0.960 bits per heavy atom. The van der Waals surface area contributed by atoms with Gasteiger partial charge in [-0.25, -0.2) is 0 Å². The zero-order valence-electron chi connectivity index (χ0n) is 16.8. The first-order chi connectivity index (χ1) is 12.1. The smallest absolute Gasteiger partial charge is 0.119 e. The summed E-state index contributed by atoms with van der Waals surface area (Å²) in [6.07, 6.45) is 4.96. The number of benzene rings is 1. The Labute approximate surface area is 155 Å². The molecule has 2 rings (SSSR count). The summed E-state index contributed by atoms with van der Waals surface area (Å²) in [6, 6.07) is 9.44. The first-order valence-electron chi connectivity index (χ1n) is 10.3. The van der Waals surface area contributed by atoms with E-state index in [1.165, 1.54) is 51.0 Å². The molecular formula is C22H38N2O. The van der Waals surface area contributed by atoms with Crippen molar-refractivity contribution in [3.05, 3.63) is 29.8 Å². The molecule has 1 aliphatic heterocycles. The summed E-state index contributed by atoms with van der Waals surface area (Å²) in [4.78, 5) is 5.19. The summed E-state index contributed by atoms with van der Waals surface area (Å²) in [5.41, 5.74) is 1.39. The monoisotopic (exact) mass is 346 g/mol. The maximum Gasteiger partial charge on any atom is 0.119 e. The molecule has 1 aliphatic rings. The van der Waals surface area contributed by atoms with Crippen LogP contribution in [-0.2, 0) is 6.54 Å². The molecule has 0 N–H and O–H groups in total. The molecule has 1 fully saturated rings. The van der Waals surface area contributed by atoms with Gasteiger partial charge in [-0.1, -0.05) is 39.3 Å². The van der Waals surface area contributed by atoms with Crippen molar-refractivity contribution in [3.8, 4) is 5.75 Å². The maximum absolute atomic E-state index is 5.87. The van der Waals surface area contributed by atoms with Gasteiger partial charge in [-0.05, 0) is 49.8 Å². The molecule has 1 aromatic carbocycles. The Morgan fingerprint density at radius 2 is 1.64 bits per heavy atom. The Morgan fingerprint density at radius 3 is 2.24 bits per heavy atom. The molecule has 0 aromatic heterocycles. The van der Waals surface area contributed by atoms with Crippen LogP contribution in [0.3, 0.4) is 0 Å². The maximum atomic E-state index is 5.87. The average molecular weight is 347 g/mol. The van der Waals surface area contributed by atoms with Gasteiger partial charge in [0.05, 0.1) is 6.61 Å². The molecule has 0 saturated carbocycles. The SMILES string of the molecule is CCC(C)N1CCN(Cc2ccc(OCCCCC(C)C)cc2)CC1. The van der Waals surface area contributed by atoms with Crippen LogP contribution in [0.1, 0.15) is 58.9 Å². The molecule has 0 aliphatic carbocycles. The molecule has 1 saturated heterocycles. The van der Waals surface area contributed by atoms with Crippen LogP contribution in [0.2, 0.25) is 0 Å². The highest BCUT2D eigenvalue weighted by Gasteiger charge is 2.19. The van der Waals surface area contributed by atoms with Crippen LogP contribution in [0.15, 0.2) is 24.3 Å². The predicted octanol–water partition coefficient (Wildman–Crippen LogP) is 4.81. The van der Waals surface area contributed by atoms with Gasteiger partial charge in [-0.2, -0.15) is 0 Å². The fraction of sp³-hybridized carbons (Fsp3) is 0.727. The summed E-state index contributed by atoms with van der Waals surface area (Å²) < 4.78 is 5.87. The van der Waals surface area contributed by atoms with Crippen molar-refractivity contribution in [2.24, 2.45) is 5.92 Å². The van der Waals surface area contributed by atoms with E-state index in [2.05, 4.69) is 61.8 Å². The number of piperazine rings is 1. The van der Waals surface area contributed by atoms with Crippen LogP contribution in [-0.4, -0.2) is 48.6 Å². The van der Waals surface area contributed by atoms with Crippen molar-refractivity contribution in [2.75, 3.05) is 32.8 Å². The van der Waals surface area contributed by atoms with E-state index in [0.717, 1.165) is 37.3 Å². The minimum atomic E-state index is 0.721. The van der Waals surface area contributed by atoms with Gasteiger partial charge in [-0.15, -0.1) is 0 Å². The third-order valence-corrected chi connectivity index (χ3v) is 5.40. The van der Waals surface area contributed by atoms with E-state index in [1.807, 2.05) is 0 Å². The molecular weight excluding hydrogens is 308 g/mol. The molecule has 0 bridgehead atoms. The van der Waals surface area contributed by atoms with Gasteiger partial charge in [0, 0.05) is 38.8 Å². The van der Waals surface area contributed by atoms with Crippen molar-refractivity contribution in [3.63, 3.8) is 0 Å². The summed E-state index contributed by atoms with van der Waals surface area (Å²) in [7, 11) is 0. The van der Waals surface area contributed by atoms with Crippen molar-refractivity contribution in [1.82, 2.24) is 9.80 Å². The molecule has 1 aromatic rings. The van der Waals surface area contributed by atoms with Crippen LogP contribution in [0.4, 0.5) is 0 Å². The van der Waals surface area contributed by atoms with Gasteiger partial charge in [0.25, 0.3) is 0 Å². The minimum Gasteiger partial charge on any atom is -0.494 e. The van der Waals surface area contributed by atoms with E-state index in [9.17, 15) is 0 Å². The van der Waals surface area contributed by atoms with Crippen molar-refractivity contribution in [2.45, 2.75) is 66.0 Å². The number of hydrogen-bond donors (Lipinski definition) is 0. The topological polar surface area (TPSA) is 15.7 Å². The van der Waals surface area contributed by atoms with Gasteiger partial charge in [-0.3, -0.25) is 9.80 Å².